The molecule has 0 bridgehead atoms. The summed E-state index contributed by atoms with van der Waals surface area (Å²) in [6, 6.07) is 12.0. The van der Waals surface area contributed by atoms with E-state index in [4.69, 9.17) is 11.5 Å². The average Bonchev–Trinajstić information content (AvgIpc) is 2.90. The van der Waals surface area contributed by atoms with Gasteiger partial charge >= 0.3 is 6.03 Å². The number of hydrogen-bond donors (Lipinski definition) is 6. The fourth-order valence-electron chi connectivity index (χ4n) is 4.46. The van der Waals surface area contributed by atoms with E-state index in [9.17, 15) is 23.6 Å². The molecule has 5 amide bonds. The molecule has 2 aromatic rings. The van der Waals surface area contributed by atoms with E-state index in [2.05, 4.69) is 21.5 Å². The third-order valence-electron chi connectivity index (χ3n) is 6.66. The lowest BCUT2D eigenvalue weighted by atomic mass is 9.82. The predicted octanol–water partition coefficient (Wildman–Crippen LogP) is 1.33. The van der Waals surface area contributed by atoms with Crippen molar-refractivity contribution in [2.45, 2.75) is 69.0 Å². The molecule has 11 heteroatoms. The SMILES string of the molecule is NC(=O)[C@H](Cc1cccc(F)c1)NC(=O)[C@H](CCc1ccccc1)NC(=O)NNC(=O)C1(N)CCCCC1. The molecule has 38 heavy (non-hydrogen) atoms. The first-order chi connectivity index (χ1) is 18.2. The molecule has 2 atom stereocenters. The van der Waals surface area contributed by atoms with Crippen LogP contribution in [0.4, 0.5) is 9.18 Å². The zero-order valence-corrected chi connectivity index (χ0v) is 21.2. The minimum absolute atomic E-state index is 0.0227. The van der Waals surface area contributed by atoms with E-state index in [0.29, 0.717) is 24.8 Å². The molecule has 0 aromatic heterocycles. The van der Waals surface area contributed by atoms with Crippen LogP contribution in [0.3, 0.4) is 0 Å². The van der Waals surface area contributed by atoms with E-state index in [1.165, 1.54) is 18.2 Å². The maximum atomic E-state index is 13.6. The van der Waals surface area contributed by atoms with Crippen LogP contribution in [0, 0.1) is 5.82 Å². The van der Waals surface area contributed by atoms with Crippen LogP contribution in [-0.4, -0.2) is 41.4 Å². The van der Waals surface area contributed by atoms with Gasteiger partial charge in [0.05, 0.1) is 5.54 Å². The normalized spacial score (nSPS) is 15.9. The van der Waals surface area contributed by atoms with Gasteiger partial charge in [0.15, 0.2) is 0 Å². The Morgan fingerprint density at radius 2 is 1.55 bits per heavy atom. The van der Waals surface area contributed by atoms with Gasteiger partial charge in [0.2, 0.25) is 11.8 Å². The molecule has 1 aliphatic carbocycles. The summed E-state index contributed by atoms with van der Waals surface area (Å²) in [6.07, 6.45) is 4.32. The highest BCUT2D eigenvalue weighted by molar-refractivity contribution is 5.92. The Bertz CT molecular complexity index is 1120. The van der Waals surface area contributed by atoms with Crippen molar-refractivity contribution in [3.8, 4) is 0 Å². The van der Waals surface area contributed by atoms with Crippen molar-refractivity contribution < 1.29 is 23.6 Å². The maximum absolute atomic E-state index is 13.6. The molecule has 204 valence electrons. The first-order valence-corrected chi connectivity index (χ1v) is 12.7. The Morgan fingerprint density at radius 3 is 2.21 bits per heavy atom. The summed E-state index contributed by atoms with van der Waals surface area (Å²) in [5.41, 5.74) is 16.7. The molecule has 10 nitrogen and oxygen atoms in total. The van der Waals surface area contributed by atoms with Gasteiger partial charge in [-0.15, -0.1) is 0 Å². The fraction of sp³-hybridized carbons (Fsp3) is 0.407. The van der Waals surface area contributed by atoms with Crippen LogP contribution in [0.15, 0.2) is 54.6 Å². The second kappa shape index (κ2) is 13.5. The van der Waals surface area contributed by atoms with Crippen LogP contribution in [0.5, 0.6) is 0 Å². The van der Waals surface area contributed by atoms with Gasteiger partial charge in [-0.1, -0.05) is 61.7 Å². The highest BCUT2D eigenvalue weighted by Crippen LogP contribution is 2.25. The molecule has 0 heterocycles. The number of halogens is 1. The molecule has 0 spiro atoms. The number of carbonyl (C=O) groups is 4. The largest absolute Gasteiger partial charge is 0.368 e. The lowest BCUT2D eigenvalue weighted by Crippen LogP contribution is -2.61. The Labute approximate surface area is 221 Å². The van der Waals surface area contributed by atoms with Crippen LogP contribution in [0.1, 0.15) is 49.7 Å². The molecule has 0 saturated heterocycles. The van der Waals surface area contributed by atoms with Crippen molar-refractivity contribution in [3.63, 3.8) is 0 Å². The molecule has 1 saturated carbocycles. The number of carbonyl (C=O) groups excluding carboxylic acids is 4. The third kappa shape index (κ3) is 8.55. The summed E-state index contributed by atoms with van der Waals surface area (Å²) < 4.78 is 13.6. The van der Waals surface area contributed by atoms with Gasteiger partial charge in [0, 0.05) is 6.42 Å². The number of amides is 5. The van der Waals surface area contributed by atoms with Gasteiger partial charge in [-0.2, -0.15) is 0 Å². The number of rotatable bonds is 10. The number of primary amides is 1. The van der Waals surface area contributed by atoms with E-state index in [1.807, 2.05) is 30.3 Å². The first kappa shape index (κ1) is 28.6. The summed E-state index contributed by atoms with van der Waals surface area (Å²) >= 11 is 0. The number of nitrogens with two attached hydrogens (primary N) is 2. The average molecular weight is 527 g/mol. The van der Waals surface area contributed by atoms with Gasteiger partial charge in [-0.25, -0.2) is 14.6 Å². The monoisotopic (exact) mass is 526 g/mol. The standard InChI is InChI=1S/C27H35FN6O4/c28-20-11-7-10-19(16-20)17-22(23(29)35)31-24(36)21(13-12-18-8-3-1-4-9-18)32-26(38)34-33-25(37)27(30)14-5-2-6-15-27/h1,3-4,7-11,16,21-22H,2,5-6,12-15,17,30H2,(H2,29,35)(H,31,36)(H,33,37)(H2,32,34,38)/t21-,22-/m0/s1. The fourth-order valence-corrected chi connectivity index (χ4v) is 4.46. The van der Waals surface area contributed by atoms with E-state index in [1.54, 1.807) is 6.07 Å². The summed E-state index contributed by atoms with van der Waals surface area (Å²) in [4.78, 5) is 50.4. The number of hydrazine groups is 1. The predicted molar refractivity (Wildman–Crippen MR) is 140 cm³/mol. The van der Waals surface area contributed by atoms with Crippen molar-refractivity contribution in [1.29, 1.82) is 0 Å². The zero-order chi connectivity index (χ0) is 27.5. The van der Waals surface area contributed by atoms with E-state index in [-0.39, 0.29) is 12.8 Å². The smallest absolute Gasteiger partial charge is 0.334 e. The molecule has 8 N–H and O–H groups in total. The van der Waals surface area contributed by atoms with E-state index < -0.39 is 47.2 Å². The summed E-state index contributed by atoms with van der Waals surface area (Å²) in [7, 11) is 0. The van der Waals surface area contributed by atoms with Crippen LogP contribution in [0.2, 0.25) is 0 Å². The van der Waals surface area contributed by atoms with Gasteiger partial charge < -0.3 is 22.1 Å². The molecule has 0 unspecified atom stereocenters. The Balaban J connectivity index is 1.65. The van der Waals surface area contributed by atoms with Gasteiger partial charge in [-0.3, -0.25) is 19.8 Å². The lowest BCUT2D eigenvalue weighted by molar-refractivity contribution is -0.128. The number of aryl methyl sites for hydroxylation is 1. The minimum atomic E-state index is -1.13. The lowest BCUT2D eigenvalue weighted by Gasteiger charge is -2.31. The molecule has 1 fully saturated rings. The maximum Gasteiger partial charge on any atom is 0.334 e. The second-order valence-corrected chi connectivity index (χ2v) is 9.64. The summed E-state index contributed by atoms with van der Waals surface area (Å²) in [5.74, 6) is -2.43. The molecule has 0 radical (unpaired) electrons. The third-order valence-corrected chi connectivity index (χ3v) is 6.66. The van der Waals surface area contributed by atoms with Crippen LogP contribution < -0.4 is 33.0 Å². The zero-order valence-electron chi connectivity index (χ0n) is 21.2. The van der Waals surface area contributed by atoms with Gasteiger partial charge in [0.25, 0.3) is 5.91 Å². The highest BCUT2D eigenvalue weighted by Gasteiger charge is 2.35. The Morgan fingerprint density at radius 1 is 0.868 bits per heavy atom. The highest BCUT2D eigenvalue weighted by atomic mass is 19.1. The Hall–Kier alpha value is -3.99. The summed E-state index contributed by atoms with van der Waals surface area (Å²) in [6.45, 7) is 0. The molecular formula is C27H35FN6O4. The van der Waals surface area contributed by atoms with E-state index in [0.717, 1.165) is 24.8 Å². The van der Waals surface area contributed by atoms with Crippen LogP contribution in [0.25, 0.3) is 0 Å². The van der Waals surface area contributed by atoms with Crippen LogP contribution in [-0.2, 0) is 27.2 Å². The topological polar surface area (TPSA) is 168 Å². The quantitative estimate of drug-likeness (QED) is 0.256. The summed E-state index contributed by atoms with van der Waals surface area (Å²) in [5, 5.41) is 5.11. The molecule has 2 aromatic carbocycles. The van der Waals surface area contributed by atoms with Crippen LogP contribution >= 0.6 is 0 Å². The Kier molecular flexibility index (Phi) is 10.2. The van der Waals surface area contributed by atoms with Gasteiger partial charge in [-0.05, 0) is 48.9 Å². The number of urea groups is 1. The number of hydrogen-bond acceptors (Lipinski definition) is 5. The molecule has 3 rings (SSSR count). The first-order valence-electron chi connectivity index (χ1n) is 12.7. The minimum Gasteiger partial charge on any atom is -0.368 e. The van der Waals surface area contributed by atoms with Crippen molar-refractivity contribution in [3.05, 3.63) is 71.5 Å². The number of nitrogens with one attached hydrogen (secondary N) is 4. The van der Waals surface area contributed by atoms with Gasteiger partial charge in [0.1, 0.15) is 17.9 Å². The molecule has 0 aliphatic heterocycles. The molecule has 1 aliphatic rings. The van der Waals surface area contributed by atoms with Crippen molar-refractivity contribution >= 4 is 23.8 Å². The van der Waals surface area contributed by atoms with Crippen molar-refractivity contribution in [2.24, 2.45) is 11.5 Å². The van der Waals surface area contributed by atoms with Crippen molar-refractivity contribution in [1.82, 2.24) is 21.5 Å². The van der Waals surface area contributed by atoms with E-state index >= 15 is 0 Å². The second-order valence-electron chi connectivity index (χ2n) is 9.64. The number of benzene rings is 2. The van der Waals surface area contributed by atoms with Crippen molar-refractivity contribution in [2.75, 3.05) is 0 Å². The molecular weight excluding hydrogens is 491 g/mol.